The molecule has 0 aliphatic carbocycles. The Labute approximate surface area is 223 Å². The minimum Gasteiger partial charge on any atom is -0.496 e. The van der Waals surface area contributed by atoms with Gasteiger partial charge in [-0.3, -0.25) is 4.79 Å². The molecular weight excluding hydrogens is 484 g/mol. The van der Waals surface area contributed by atoms with Crippen molar-refractivity contribution in [1.29, 1.82) is 0 Å². The van der Waals surface area contributed by atoms with Gasteiger partial charge in [0.15, 0.2) is 0 Å². The van der Waals surface area contributed by atoms with Crippen LogP contribution in [0.1, 0.15) is 55.2 Å². The second-order valence-electron chi connectivity index (χ2n) is 9.22. The third-order valence-electron chi connectivity index (χ3n) is 6.93. The summed E-state index contributed by atoms with van der Waals surface area (Å²) < 4.78 is 11.4. The molecule has 3 aromatic carbocycles. The number of ether oxygens (including phenoxy) is 2. The summed E-state index contributed by atoms with van der Waals surface area (Å²) in [6, 6.07) is 17.8. The SMILES string of the molecule is CCCCCCN1c2ccc(OC)c(CN)c2Sc2c1ccc(OC)c2C(Cc1ccccc1)C(=O)O. The maximum absolute atomic E-state index is 12.7. The van der Waals surface area contributed by atoms with Crippen LogP contribution in [0.5, 0.6) is 11.5 Å². The third kappa shape index (κ3) is 5.58. The minimum absolute atomic E-state index is 0.323. The first-order valence-electron chi connectivity index (χ1n) is 12.9. The van der Waals surface area contributed by atoms with Gasteiger partial charge in [-0.15, -0.1) is 0 Å². The number of methoxy groups -OCH3 is 2. The summed E-state index contributed by atoms with van der Waals surface area (Å²) >= 11 is 1.58. The fraction of sp³-hybridized carbons (Fsp3) is 0.367. The van der Waals surface area contributed by atoms with Gasteiger partial charge in [-0.1, -0.05) is 68.3 Å². The molecule has 1 atom stereocenters. The van der Waals surface area contributed by atoms with Crippen LogP contribution in [0.15, 0.2) is 64.4 Å². The molecule has 196 valence electrons. The number of anilines is 2. The standard InChI is InChI=1S/C30H36N2O4S/c1-4-5-6-10-17-32-23-13-15-25(35-2)22(19-31)28(23)37-29-24(32)14-16-26(36-3)27(29)21(30(33)34)18-20-11-8-7-9-12-20/h7-9,11-16,21H,4-6,10,17-19,31H2,1-3H3,(H,33,34). The highest BCUT2D eigenvalue weighted by molar-refractivity contribution is 7.99. The quantitative estimate of drug-likeness (QED) is 0.255. The van der Waals surface area contributed by atoms with Gasteiger partial charge in [-0.05, 0) is 42.7 Å². The molecule has 3 N–H and O–H groups in total. The van der Waals surface area contributed by atoms with E-state index in [1.165, 1.54) is 12.8 Å². The molecule has 0 fully saturated rings. The fourth-order valence-electron chi connectivity index (χ4n) is 5.04. The molecular formula is C30H36N2O4S. The maximum atomic E-state index is 12.7. The van der Waals surface area contributed by atoms with Crippen LogP contribution in [0.3, 0.4) is 0 Å². The molecule has 0 radical (unpaired) electrons. The summed E-state index contributed by atoms with van der Waals surface area (Å²) in [6.45, 7) is 3.36. The first-order chi connectivity index (χ1) is 18.0. The van der Waals surface area contributed by atoms with Crippen LogP contribution in [0.2, 0.25) is 0 Å². The summed E-state index contributed by atoms with van der Waals surface area (Å²) in [4.78, 5) is 17.0. The van der Waals surface area contributed by atoms with E-state index in [4.69, 9.17) is 15.2 Å². The number of benzene rings is 3. The predicted octanol–water partition coefficient (Wildman–Crippen LogP) is 6.76. The molecule has 1 aliphatic rings. The van der Waals surface area contributed by atoms with Gasteiger partial charge in [0.25, 0.3) is 0 Å². The van der Waals surface area contributed by atoms with E-state index in [-0.39, 0.29) is 0 Å². The lowest BCUT2D eigenvalue weighted by Gasteiger charge is -2.36. The molecule has 1 unspecified atom stereocenters. The zero-order chi connectivity index (χ0) is 26.4. The van der Waals surface area contributed by atoms with E-state index >= 15 is 0 Å². The zero-order valence-electron chi connectivity index (χ0n) is 21.8. The van der Waals surface area contributed by atoms with Gasteiger partial charge in [0, 0.05) is 34.0 Å². The largest absolute Gasteiger partial charge is 0.496 e. The molecule has 0 spiro atoms. The van der Waals surface area contributed by atoms with Crippen molar-refractivity contribution in [3.63, 3.8) is 0 Å². The number of aliphatic carboxylic acids is 1. The average Bonchev–Trinajstić information content (AvgIpc) is 2.92. The Balaban J connectivity index is 1.89. The molecule has 4 rings (SSSR count). The topological polar surface area (TPSA) is 85.0 Å². The summed E-state index contributed by atoms with van der Waals surface area (Å²) in [5.41, 5.74) is 10.9. The van der Waals surface area contributed by atoms with Crippen molar-refractivity contribution >= 4 is 29.1 Å². The second-order valence-corrected chi connectivity index (χ2v) is 10.2. The first-order valence-corrected chi connectivity index (χ1v) is 13.7. The monoisotopic (exact) mass is 520 g/mol. The molecule has 7 heteroatoms. The van der Waals surface area contributed by atoms with Crippen LogP contribution in [0.25, 0.3) is 0 Å². The van der Waals surface area contributed by atoms with Crippen molar-refractivity contribution < 1.29 is 19.4 Å². The summed E-state index contributed by atoms with van der Waals surface area (Å²) in [7, 11) is 3.25. The van der Waals surface area contributed by atoms with Crippen LogP contribution in [0, 0.1) is 0 Å². The van der Waals surface area contributed by atoms with Gasteiger partial charge in [0.2, 0.25) is 0 Å². The lowest BCUT2D eigenvalue weighted by Crippen LogP contribution is -2.25. The van der Waals surface area contributed by atoms with Crippen molar-refractivity contribution in [1.82, 2.24) is 0 Å². The lowest BCUT2D eigenvalue weighted by atomic mass is 9.90. The number of hydrogen-bond acceptors (Lipinski definition) is 6. The van der Waals surface area contributed by atoms with E-state index in [1.807, 2.05) is 42.5 Å². The molecule has 0 aromatic heterocycles. The van der Waals surface area contributed by atoms with E-state index < -0.39 is 11.9 Å². The Bertz CT molecular complexity index is 1230. The van der Waals surface area contributed by atoms with Crippen molar-refractivity contribution in [2.45, 2.75) is 61.3 Å². The number of nitrogens with zero attached hydrogens (tertiary/aromatic N) is 1. The van der Waals surface area contributed by atoms with Crippen LogP contribution in [-0.2, 0) is 17.8 Å². The van der Waals surface area contributed by atoms with E-state index in [1.54, 1.807) is 26.0 Å². The molecule has 37 heavy (non-hydrogen) atoms. The number of hydrogen-bond donors (Lipinski definition) is 2. The highest BCUT2D eigenvalue weighted by Crippen LogP contribution is 2.55. The molecule has 3 aromatic rings. The predicted molar refractivity (Wildman–Crippen MR) is 150 cm³/mol. The highest BCUT2D eigenvalue weighted by atomic mass is 32.2. The van der Waals surface area contributed by atoms with Crippen molar-refractivity contribution in [2.24, 2.45) is 5.73 Å². The number of carbonyl (C=O) groups is 1. The van der Waals surface area contributed by atoms with E-state index in [2.05, 4.69) is 24.0 Å². The Kier molecular flexibility index (Phi) is 9.00. The van der Waals surface area contributed by atoms with Gasteiger partial charge in [-0.2, -0.15) is 0 Å². The average molecular weight is 521 g/mol. The van der Waals surface area contributed by atoms with E-state index in [0.29, 0.717) is 24.3 Å². The Hall–Kier alpha value is -3.16. The number of fused-ring (bicyclic) bond motifs is 2. The van der Waals surface area contributed by atoms with Gasteiger partial charge >= 0.3 is 5.97 Å². The molecule has 0 bridgehead atoms. The molecule has 1 heterocycles. The van der Waals surface area contributed by atoms with Gasteiger partial charge < -0.3 is 25.2 Å². The molecule has 6 nitrogen and oxygen atoms in total. The Morgan fingerprint density at radius 3 is 2.24 bits per heavy atom. The van der Waals surface area contributed by atoms with Crippen molar-refractivity contribution in [3.05, 3.63) is 71.3 Å². The Morgan fingerprint density at radius 1 is 0.946 bits per heavy atom. The van der Waals surface area contributed by atoms with Crippen LogP contribution >= 0.6 is 11.8 Å². The number of carboxylic acid groups (broad SMARTS) is 1. The molecule has 1 aliphatic heterocycles. The normalized spacial score (nSPS) is 13.0. The minimum atomic E-state index is -0.874. The molecule has 0 saturated heterocycles. The Morgan fingerprint density at radius 2 is 1.62 bits per heavy atom. The summed E-state index contributed by atoms with van der Waals surface area (Å²) in [5.74, 6) is -0.316. The summed E-state index contributed by atoms with van der Waals surface area (Å²) in [5, 5.41) is 10.4. The van der Waals surface area contributed by atoms with Crippen molar-refractivity contribution in [3.8, 4) is 11.5 Å². The second kappa shape index (κ2) is 12.4. The highest BCUT2D eigenvalue weighted by Gasteiger charge is 2.34. The number of rotatable bonds is 12. The van der Waals surface area contributed by atoms with E-state index in [0.717, 1.165) is 57.4 Å². The lowest BCUT2D eigenvalue weighted by molar-refractivity contribution is -0.138. The number of nitrogens with two attached hydrogens (primary N) is 1. The van der Waals surface area contributed by atoms with Crippen molar-refractivity contribution in [2.75, 3.05) is 25.7 Å². The van der Waals surface area contributed by atoms with Crippen LogP contribution in [-0.4, -0.2) is 31.8 Å². The number of carboxylic acids is 1. The van der Waals surface area contributed by atoms with Gasteiger partial charge in [-0.25, -0.2) is 0 Å². The van der Waals surface area contributed by atoms with Gasteiger partial charge in [0.05, 0.1) is 31.5 Å². The summed E-state index contributed by atoms with van der Waals surface area (Å²) in [6.07, 6.45) is 4.90. The molecule has 0 amide bonds. The van der Waals surface area contributed by atoms with Crippen LogP contribution < -0.4 is 20.1 Å². The zero-order valence-corrected chi connectivity index (χ0v) is 22.6. The maximum Gasteiger partial charge on any atom is 0.311 e. The first kappa shape index (κ1) is 26.9. The van der Waals surface area contributed by atoms with Gasteiger partial charge in [0.1, 0.15) is 11.5 Å². The third-order valence-corrected chi connectivity index (χ3v) is 8.22. The van der Waals surface area contributed by atoms with Crippen LogP contribution in [0.4, 0.5) is 11.4 Å². The fourth-order valence-corrected chi connectivity index (χ4v) is 6.47. The molecule has 0 saturated carbocycles. The van der Waals surface area contributed by atoms with E-state index in [9.17, 15) is 9.90 Å². The smallest absolute Gasteiger partial charge is 0.311 e. The number of unbranched alkanes of at least 4 members (excludes halogenated alkanes) is 3.